The summed E-state index contributed by atoms with van der Waals surface area (Å²) in [6.07, 6.45) is -5.44. The van der Waals surface area contributed by atoms with Crippen molar-refractivity contribution in [1.82, 2.24) is 4.98 Å². The van der Waals surface area contributed by atoms with Crippen LogP contribution in [0.1, 0.15) is 11.3 Å². The molecular formula is C10H9ClF3NO4. The Bertz CT molecular complexity index is 479. The van der Waals surface area contributed by atoms with Gasteiger partial charge in [-0.2, -0.15) is 0 Å². The van der Waals surface area contributed by atoms with Crippen LogP contribution >= 0.6 is 11.6 Å². The Balaban J connectivity index is 3.17. The number of hydrogen-bond acceptors (Lipinski definition) is 5. The lowest BCUT2D eigenvalue weighted by molar-refractivity contribution is -0.276. The quantitative estimate of drug-likeness (QED) is 0.681. The molecule has 0 aliphatic heterocycles. The van der Waals surface area contributed by atoms with E-state index in [1.807, 2.05) is 0 Å². The molecule has 0 amide bonds. The largest absolute Gasteiger partial charge is 0.574 e. The first-order valence-electron chi connectivity index (χ1n) is 4.87. The van der Waals surface area contributed by atoms with Crippen LogP contribution in [-0.4, -0.2) is 29.5 Å². The molecule has 0 radical (unpaired) electrons. The minimum Gasteiger partial charge on any atom is -0.503 e. The van der Waals surface area contributed by atoms with Gasteiger partial charge in [0.15, 0.2) is 5.75 Å². The van der Waals surface area contributed by atoms with Crippen LogP contribution in [0.5, 0.6) is 11.6 Å². The van der Waals surface area contributed by atoms with Crippen molar-refractivity contribution >= 4 is 17.6 Å². The Labute approximate surface area is 110 Å². The summed E-state index contributed by atoms with van der Waals surface area (Å²) >= 11 is 5.47. The number of carbonyl (C=O) groups is 1. The van der Waals surface area contributed by atoms with E-state index in [1.54, 1.807) is 0 Å². The van der Waals surface area contributed by atoms with E-state index in [0.717, 1.165) is 7.11 Å². The van der Waals surface area contributed by atoms with Crippen LogP contribution in [0.25, 0.3) is 0 Å². The molecule has 0 saturated heterocycles. The number of aromatic hydroxyl groups is 1. The van der Waals surface area contributed by atoms with E-state index >= 15 is 0 Å². The van der Waals surface area contributed by atoms with Gasteiger partial charge in [0.2, 0.25) is 0 Å². The zero-order valence-electron chi connectivity index (χ0n) is 9.62. The Morgan fingerprint density at radius 3 is 2.63 bits per heavy atom. The van der Waals surface area contributed by atoms with Gasteiger partial charge in [0.1, 0.15) is 0 Å². The number of ether oxygens (including phenoxy) is 2. The minimum atomic E-state index is -5.02. The lowest BCUT2D eigenvalue weighted by Crippen LogP contribution is -2.19. The fourth-order valence-corrected chi connectivity index (χ4v) is 1.37. The summed E-state index contributed by atoms with van der Waals surface area (Å²) in [5.41, 5.74) is -0.0885. The van der Waals surface area contributed by atoms with E-state index in [9.17, 15) is 23.1 Å². The lowest BCUT2D eigenvalue weighted by atomic mass is 10.1. The van der Waals surface area contributed by atoms with Crippen LogP contribution < -0.4 is 4.74 Å². The van der Waals surface area contributed by atoms with Crippen LogP contribution in [0.2, 0.25) is 0 Å². The van der Waals surface area contributed by atoms with Crippen LogP contribution in [0.15, 0.2) is 6.07 Å². The molecule has 19 heavy (non-hydrogen) atoms. The molecule has 0 spiro atoms. The number of halogens is 4. The molecule has 5 nitrogen and oxygen atoms in total. The van der Waals surface area contributed by atoms with Gasteiger partial charge in [0, 0.05) is 5.56 Å². The maximum atomic E-state index is 12.1. The third kappa shape index (κ3) is 4.47. The summed E-state index contributed by atoms with van der Waals surface area (Å²) in [5.74, 6) is -2.87. The highest BCUT2D eigenvalue weighted by molar-refractivity contribution is 6.16. The molecule has 0 aromatic carbocycles. The average Bonchev–Trinajstić information content (AvgIpc) is 2.32. The first-order chi connectivity index (χ1) is 8.76. The van der Waals surface area contributed by atoms with E-state index < -0.39 is 30.4 Å². The number of carbonyl (C=O) groups excluding carboxylic acids is 1. The summed E-state index contributed by atoms with van der Waals surface area (Å²) in [5, 5.41) is 9.58. The predicted octanol–water partition coefficient (Wildman–Crippen LogP) is 2.14. The smallest absolute Gasteiger partial charge is 0.503 e. The molecule has 106 valence electrons. The number of aromatic nitrogens is 1. The van der Waals surface area contributed by atoms with Crippen LogP contribution in [0, 0.1) is 0 Å². The highest BCUT2D eigenvalue weighted by Crippen LogP contribution is 2.33. The minimum absolute atomic E-state index is 0.0256. The number of alkyl halides is 4. The second-order valence-corrected chi connectivity index (χ2v) is 3.63. The van der Waals surface area contributed by atoms with Crippen molar-refractivity contribution in [1.29, 1.82) is 0 Å². The molecule has 1 aromatic rings. The van der Waals surface area contributed by atoms with Gasteiger partial charge in [-0.1, -0.05) is 0 Å². The van der Waals surface area contributed by atoms with Gasteiger partial charge in [-0.25, -0.2) is 4.98 Å². The molecule has 0 atom stereocenters. The fraction of sp³-hybridized carbons (Fsp3) is 0.400. The molecule has 0 aliphatic carbocycles. The van der Waals surface area contributed by atoms with E-state index in [1.165, 1.54) is 6.07 Å². The molecule has 0 fully saturated rings. The lowest BCUT2D eigenvalue weighted by Gasteiger charge is -2.13. The average molecular weight is 300 g/mol. The van der Waals surface area contributed by atoms with Crippen molar-refractivity contribution < 1.29 is 32.5 Å². The molecule has 1 aromatic heterocycles. The number of hydrogen-bond donors (Lipinski definition) is 1. The molecule has 0 aliphatic rings. The number of methoxy groups -OCH3 is 1. The normalized spacial score (nSPS) is 11.2. The second-order valence-electron chi connectivity index (χ2n) is 3.36. The number of pyridine rings is 1. The fourth-order valence-electron chi connectivity index (χ4n) is 1.23. The topological polar surface area (TPSA) is 68.7 Å². The van der Waals surface area contributed by atoms with Crippen LogP contribution in [0.4, 0.5) is 13.2 Å². The first kappa shape index (κ1) is 15.4. The molecular weight excluding hydrogens is 291 g/mol. The molecule has 1 N–H and O–H groups in total. The van der Waals surface area contributed by atoms with Crippen LogP contribution in [-0.2, 0) is 21.8 Å². The number of nitrogens with zero attached hydrogens (tertiary/aromatic N) is 1. The summed E-state index contributed by atoms with van der Waals surface area (Å²) in [6.45, 7) is 0. The second kappa shape index (κ2) is 5.96. The predicted molar refractivity (Wildman–Crippen MR) is 57.9 cm³/mol. The van der Waals surface area contributed by atoms with Gasteiger partial charge in [-0.05, 0) is 6.07 Å². The highest BCUT2D eigenvalue weighted by Gasteiger charge is 2.34. The molecule has 1 heterocycles. The van der Waals surface area contributed by atoms with Crippen molar-refractivity contribution in [3.8, 4) is 11.6 Å². The Morgan fingerprint density at radius 1 is 1.53 bits per heavy atom. The SMILES string of the molecule is COC(=O)Cc1cc(CCl)nc(OC(F)(F)F)c1O. The maximum Gasteiger partial charge on any atom is 0.574 e. The molecule has 0 bridgehead atoms. The Hall–Kier alpha value is -1.70. The molecule has 9 heteroatoms. The van der Waals surface area contributed by atoms with E-state index in [2.05, 4.69) is 14.5 Å². The van der Waals surface area contributed by atoms with Crippen molar-refractivity contribution in [3.63, 3.8) is 0 Å². The third-order valence-corrected chi connectivity index (χ3v) is 2.28. The van der Waals surface area contributed by atoms with Gasteiger partial charge in [0.25, 0.3) is 5.88 Å². The van der Waals surface area contributed by atoms with Crippen LogP contribution in [0.3, 0.4) is 0 Å². The van der Waals surface area contributed by atoms with E-state index in [0.29, 0.717) is 0 Å². The van der Waals surface area contributed by atoms with Crippen molar-refractivity contribution in [3.05, 3.63) is 17.3 Å². The van der Waals surface area contributed by atoms with Gasteiger partial charge in [-0.15, -0.1) is 24.8 Å². The summed E-state index contributed by atoms with van der Waals surface area (Å²) in [6, 6.07) is 1.20. The van der Waals surface area contributed by atoms with Gasteiger partial charge >= 0.3 is 12.3 Å². The summed E-state index contributed by atoms with van der Waals surface area (Å²) in [7, 11) is 1.11. The zero-order valence-corrected chi connectivity index (χ0v) is 10.4. The van der Waals surface area contributed by atoms with Gasteiger partial charge in [0.05, 0.1) is 25.1 Å². The standard InChI is InChI=1S/C10H9ClF3NO4/c1-18-7(16)3-5-2-6(4-11)15-9(8(5)17)19-10(12,13)14/h2,17H,3-4H2,1H3. The number of esters is 1. The highest BCUT2D eigenvalue weighted by atomic mass is 35.5. The van der Waals surface area contributed by atoms with Gasteiger partial charge < -0.3 is 14.6 Å². The maximum absolute atomic E-state index is 12.1. The molecule has 0 unspecified atom stereocenters. The van der Waals surface area contributed by atoms with Crippen molar-refractivity contribution in [2.75, 3.05) is 7.11 Å². The zero-order chi connectivity index (χ0) is 14.6. The molecule has 0 saturated carbocycles. The first-order valence-corrected chi connectivity index (χ1v) is 5.40. The Morgan fingerprint density at radius 2 is 2.16 bits per heavy atom. The number of rotatable bonds is 4. The van der Waals surface area contributed by atoms with Crippen molar-refractivity contribution in [2.24, 2.45) is 0 Å². The third-order valence-electron chi connectivity index (χ3n) is 2.00. The van der Waals surface area contributed by atoms with Crippen molar-refractivity contribution in [2.45, 2.75) is 18.7 Å². The monoisotopic (exact) mass is 299 g/mol. The summed E-state index contributed by atoms with van der Waals surface area (Å²) in [4.78, 5) is 14.5. The molecule has 1 rings (SSSR count). The summed E-state index contributed by atoms with van der Waals surface area (Å²) < 4.78 is 44.3. The Kier molecular flexibility index (Phi) is 4.82. The van der Waals surface area contributed by atoms with Gasteiger partial charge in [-0.3, -0.25) is 4.79 Å². The van der Waals surface area contributed by atoms with E-state index in [4.69, 9.17) is 11.6 Å². The van der Waals surface area contributed by atoms with E-state index in [-0.39, 0.29) is 17.1 Å².